The highest BCUT2D eigenvalue weighted by molar-refractivity contribution is 8.00. The molecule has 5 nitrogen and oxygen atoms in total. The topological polar surface area (TPSA) is 61.4 Å². The van der Waals surface area contributed by atoms with E-state index in [1.54, 1.807) is 0 Å². The molecule has 1 aromatic carbocycles. The molecule has 0 unspecified atom stereocenters. The van der Waals surface area contributed by atoms with E-state index in [0.29, 0.717) is 0 Å². The van der Waals surface area contributed by atoms with Gasteiger partial charge in [0.25, 0.3) is 0 Å². The average Bonchev–Trinajstić information content (AvgIpc) is 3.10. The van der Waals surface area contributed by atoms with Crippen molar-refractivity contribution in [1.29, 1.82) is 0 Å². The number of hydrogen-bond donors (Lipinski definition) is 3. The number of fused-ring (bicyclic) bond motifs is 1. The highest BCUT2D eigenvalue weighted by Crippen LogP contribution is 2.33. The number of guanidine groups is 1. The summed E-state index contributed by atoms with van der Waals surface area (Å²) in [5.41, 5.74) is 2.54. The largest absolute Gasteiger partial charge is 0.381 e. The standard InChI is InChI=1S/C20H30N4OS/c1-3-21-19(24-15-20(26-2)9-12-25-13-10-20)22-11-8-16-14-23-18-7-5-4-6-17(16)18/h4-7,14,23H,3,8-13,15H2,1-2H3,(H2,21,22,24). The van der Waals surface area contributed by atoms with Crippen LogP contribution in [0.15, 0.2) is 35.5 Å². The minimum Gasteiger partial charge on any atom is -0.381 e. The predicted molar refractivity (Wildman–Crippen MR) is 112 cm³/mol. The van der Waals surface area contributed by atoms with E-state index in [1.165, 1.54) is 16.5 Å². The van der Waals surface area contributed by atoms with Gasteiger partial charge < -0.3 is 20.4 Å². The molecule has 0 spiro atoms. The van der Waals surface area contributed by atoms with Crippen molar-refractivity contribution in [3.05, 3.63) is 36.0 Å². The molecular weight excluding hydrogens is 344 g/mol. The summed E-state index contributed by atoms with van der Waals surface area (Å²) < 4.78 is 5.75. The Balaban J connectivity index is 1.57. The molecule has 1 aliphatic rings. The van der Waals surface area contributed by atoms with Crippen LogP contribution in [0.2, 0.25) is 0 Å². The van der Waals surface area contributed by atoms with Crippen LogP contribution >= 0.6 is 11.8 Å². The third-order valence-corrected chi connectivity index (χ3v) is 6.47. The molecule has 0 aliphatic carbocycles. The number of H-pyrrole nitrogens is 1. The van der Waals surface area contributed by atoms with Gasteiger partial charge in [-0.1, -0.05) is 18.2 Å². The van der Waals surface area contributed by atoms with E-state index < -0.39 is 0 Å². The fourth-order valence-corrected chi connectivity index (χ4v) is 4.16. The summed E-state index contributed by atoms with van der Waals surface area (Å²) in [6.07, 6.45) is 7.42. The SMILES string of the molecule is CCNC(=NCC1(SC)CCOCC1)NCCc1c[nH]c2ccccc12. The first-order valence-corrected chi connectivity index (χ1v) is 10.7. The minimum atomic E-state index is 0.220. The first-order valence-electron chi connectivity index (χ1n) is 9.46. The minimum absolute atomic E-state index is 0.220. The summed E-state index contributed by atoms with van der Waals surface area (Å²) in [6.45, 7) is 6.37. The Morgan fingerprint density at radius 3 is 2.85 bits per heavy atom. The number of ether oxygens (including phenoxy) is 1. The molecule has 1 aromatic heterocycles. The van der Waals surface area contributed by atoms with E-state index in [4.69, 9.17) is 9.73 Å². The van der Waals surface area contributed by atoms with Crippen LogP contribution in [-0.2, 0) is 11.2 Å². The summed E-state index contributed by atoms with van der Waals surface area (Å²) >= 11 is 1.93. The van der Waals surface area contributed by atoms with E-state index in [1.807, 2.05) is 11.8 Å². The monoisotopic (exact) mass is 374 g/mol. The van der Waals surface area contributed by atoms with Gasteiger partial charge in [-0.15, -0.1) is 0 Å². The van der Waals surface area contributed by atoms with E-state index in [0.717, 1.165) is 58.1 Å². The van der Waals surface area contributed by atoms with Gasteiger partial charge in [0.2, 0.25) is 0 Å². The van der Waals surface area contributed by atoms with Gasteiger partial charge in [-0.3, -0.25) is 4.99 Å². The summed E-state index contributed by atoms with van der Waals surface area (Å²) in [4.78, 5) is 8.22. The second-order valence-electron chi connectivity index (χ2n) is 6.73. The molecule has 1 saturated heterocycles. The first-order chi connectivity index (χ1) is 12.8. The van der Waals surface area contributed by atoms with E-state index >= 15 is 0 Å². The molecule has 2 heterocycles. The lowest BCUT2D eigenvalue weighted by Gasteiger charge is -2.34. The molecule has 3 N–H and O–H groups in total. The van der Waals surface area contributed by atoms with Crippen LogP contribution in [-0.4, -0.2) is 54.8 Å². The molecular formula is C20H30N4OS. The number of nitrogens with one attached hydrogen (secondary N) is 3. The number of nitrogens with zero attached hydrogens (tertiary/aromatic N) is 1. The number of aromatic nitrogens is 1. The highest BCUT2D eigenvalue weighted by atomic mass is 32.2. The van der Waals surface area contributed by atoms with Crippen LogP contribution in [0.4, 0.5) is 0 Å². The quantitative estimate of drug-likeness (QED) is 0.515. The van der Waals surface area contributed by atoms with Gasteiger partial charge in [0.1, 0.15) is 0 Å². The van der Waals surface area contributed by atoms with Gasteiger partial charge in [-0.2, -0.15) is 11.8 Å². The first kappa shape index (κ1) is 19.1. The lowest BCUT2D eigenvalue weighted by atomic mass is 9.99. The summed E-state index contributed by atoms with van der Waals surface area (Å²) in [7, 11) is 0. The number of thioether (sulfide) groups is 1. The van der Waals surface area contributed by atoms with E-state index in [9.17, 15) is 0 Å². The van der Waals surface area contributed by atoms with Crippen molar-refractivity contribution in [3.8, 4) is 0 Å². The zero-order chi connectivity index (χ0) is 18.2. The maximum Gasteiger partial charge on any atom is 0.191 e. The molecule has 6 heteroatoms. The Morgan fingerprint density at radius 1 is 1.27 bits per heavy atom. The fourth-order valence-electron chi connectivity index (χ4n) is 3.39. The van der Waals surface area contributed by atoms with Crippen LogP contribution < -0.4 is 10.6 Å². The molecule has 1 aliphatic heterocycles. The van der Waals surface area contributed by atoms with Gasteiger partial charge in [0.15, 0.2) is 5.96 Å². The van der Waals surface area contributed by atoms with Gasteiger partial charge in [-0.25, -0.2) is 0 Å². The summed E-state index contributed by atoms with van der Waals surface area (Å²) in [6, 6.07) is 8.45. The van der Waals surface area contributed by atoms with Crippen molar-refractivity contribution < 1.29 is 4.74 Å². The lowest BCUT2D eigenvalue weighted by Crippen LogP contribution is -2.41. The normalized spacial score (nSPS) is 17.4. The Kier molecular flexibility index (Phi) is 6.86. The number of benzene rings is 1. The van der Waals surface area contributed by atoms with Crippen molar-refractivity contribution in [2.75, 3.05) is 39.1 Å². The zero-order valence-corrected chi connectivity index (χ0v) is 16.6. The Morgan fingerprint density at radius 2 is 2.08 bits per heavy atom. The molecule has 0 amide bonds. The third kappa shape index (κ3) is 4.74. The average molecular weight is 375 g/mol. The lowest BCUT2D eigenvalue weighted by molar-refractivity contribution is 0.0794. The Labute approximate surface area is 160 Å². The highest BCUT2D eigenvalue weighted by Gasteiger charge is 2.31. The molecule has 142 valence electrons. The molecule has 1 fully saturated rings. The zero-order valence-electron chi connectivity index (χ0n) is 15.8. The molecule has 0 atom stereocenters. The van der Waals surface area contributed by atoms with Crippen LogP contribution in [0.5, 0.6) is 0 Å². The van der Waals surface area contributed by atoms with Crippen molar-refractivity contribution in [2.45, 2.75) is 30.9 Å². The van der Waals surface area contributed by atoms with Gasteiger partial charge in [-0.05, 0) is 44.1 Å². The second kappa shape index (κ2) is 9.33. The smallest absolute Gasteiger partial charge is 0.191 e. The number of aromatic amines is 1. The molecule has 2 aromatic rings. The second-order valence-corrected chi connectivity index (χ2v) is 8.01. The van der Waals surface area contributed by atoms with Crippen molar-refractivity contribution in [2.24, 2.45) is 4.99 Å². The van der Waals surface area contributed by atoms with E-state index in [-0.39, 0.29) is 4.75 Å². The van der Waals surface area contributed by atoms with Crippen molar-refractivity contribution in [3.63, 3.8) is 0 Å². The molecule has 0 saturated carbocycles. The van der Waals surface area contributed by atoms with E-state index in [2.05, 4.69) is 59.3 Å². The number of para-hydroxylation sites is 1. The maximum absolute atomic E-state index is 5.53. The van der Waals surface area contributed by atoms with Crippen LogP contribution in [0.1, 0.15) is 25.3 Å². The number of rotatable bonds is 7. The van der Waals surface area contributed by atoms with Gasteiger partial charge >= 0.3 is 0 Å². The van der Waals surface area contributed by atoms with Crippen molar-refractivity contribution in [1.82, 2.24) is 15.6 Å². The van der Waals surface area contributed by atoms with Crippen LogP contribution in [0.25, 0.3) is 10.9 Å². The fraction of sp³-hybridized carbons (Fsp3) is 0.550. The van der Waals surface area contributed by atoms with Crippen LogP contribution in [0.3, 0.4) is 0 Å². The summed E-state index contributed by atoms with van der Waals surface area (Å²) in [5, 5.41) is 8.17. The molecule has 0 bridgehead atoms. The van der Waals surface area contributed by atoms with Crippen LogP contribution in [0, 0.1) is 0 Å². The number of aliphatic imine (C=N–C) groups is 1. The molecule has 3 rings (SSSR count). The van der Waals surface area contributed by atoms with Gasteiger partial charge in [0, 0.05) is 48.2 Å². The predicted octanol–water partition coefficient (Wildman–Crippen LogP) is 3.18. The molecule has 0 radical (unpaired) electrons. The summed E-state index contributed by atoms with van der Waals surface area (Å²) in [5.74, 6) is 0.909. The third-order valence-electron chi connectivity index (χ3n) is 5.07. The molecule has 26 heavy (non-hydrogen) atoms. The number of hydrogen-bond acceptors (Lipinski definition) is 3. The Bertz CT molecular complexity index is 721. The maximum atomic E-state index is 5.53. The van der Waals surface area contributed by atoms with Crippen molar-refractivity contribution >= 4 is 28.6 Å². The van der Waals surface area contributed by atoms with Gasteiger partial charge in [0.05, 0.1) is 6.54 Å². The Hall–Kier alpha value is -1.66.